The summed E-state index contributed by atoms with van der Waals surface area (Å²) in [5.41, 5.74) is 1.21. The molecule has 3 nitrogen and oxygen atoms in total. The number of carbonyl (C=O) groups excluding carboxylic acids is 1. The number of rotatable bonds is 3. The van der Waals surface area contributed by atoms with Gasteiger partial charge in [0.25, 0.3) is 0 Å². The van der Waals surface area contributed by atoms with Crippen molar-refractivity contribution >= 4 is 11.9 Å². The average molecular weight is 218 g/mol. The van der Waals surface area contributed by atoms with E-state index < -0.39 is 0 Å². The van der Waals surface area contributed by atoms with Crippen LogP contribution >= 0.6 is 0 Å². The van der Waals surface area contributed by atoms with Gasteiger partial charge in [-0.1, -0.05) is 18.2 Å². The number of hydrogen-bond acceptors (Lipinski definition) is 3. The summed E-state index contributed by atoms with van der Waals surface area (Å²) in [7, 11) is 0. The Morgan fingerprint density at radius 1 is 1.31 bits per heavy atom. The molecule has 2 N–H and O–H groups in total. The van der Waals surface area contributed by atoms with Gasteiger partial charge in [0.15, 0.2) is 5.78 Å². The van der Waals surface area contributed by atoms with Crippen LogP contribution in [-0.2, 0) is 0 Å². The lowest BCUT2D eigenvalue weighted by molar-refractivity contribution is 0.101. The molecular weight excluding hydrogens is 204 g/mol. The van der Waals surface area contributed by atoms with Crippen LogP contribution in [0.2, 0.25) is 0 Å². The maximum absolute atomic E-state index is 11.2. The van der Waals surface area contributed by atoms with Crippen molar-refractivity contribution in [1.82, 2.24) is 0 Å². The van der Waals surface area contributed by atoms with Gasteiger partial charge in [-0.3, -0.25) is 4.79 Å². The number of ketones is 1. The van der Waals surface area contributed by atoms with Gasteiger partial charge in [-0.25, -0.2) is 0 Å². The van der Waals surface area contributed by atoms with E-state index in [-0.39, 0.29) is 28.4 Å². The van der Waals surface area contributed by atoms with Gasteiger partial charge in [-0.15, -0.1) is 0 Å². The second kappa shape index (κ2) is 4.66. The van der Waals surface area contributed by atoms with Gasteiger partial charge in [-0.05, 0) is 32.1 Å². The highest BCUT2D eigenvalue weighted by Gasteiger charge is 2.12. The summed E-state index contributed by atoms with van der Waals surface area (Å²) in [6.07, 6.45) is 3.18. The molecule has 16 heavy (non-hydrogen) atoms. The van der Waals surface area contributed by atoms with Crippen LogP contribution in [0.4, 0.5) is 0 Å². The molecule has 0 atom stereocenters. The van der Waals surface area contributed by atoms with E-state index in [1.165, 1.54) is 25.1 Å². The van der Waals surface area contributed by atoms with Crippen molar-refractivity contribution in [2.75, 3.05) is 0 Å². The Kier molecular flexibility index (Phi) is 3.51. The highest BCUT2D eigenvalue weighted by molar-refractivity contribution is 5.98. The number of carbonyl (C=O) groups is 1. The summed E-state index contributed by atoms with van der Waals surface area (Å²) in [4.78, 5) is 11.2. The van der Waals surface area contributed by atoms with Crippen molar-refractivity contribution in [1.29, 1.82) is 0 Å². The second-order valence-corrected chi connectivity index (χ2v) is 3.63. The summed E-state index contributed by atoms with van der Waals surface area (Å²) < 4.78 is 0. The van der Waals surface area contributed by atoms with E-state index in [9.17, 15) is 15.0 Å². The SMILES string of the molecule is C=C(C)C=Cc1c(O)ccc(C(C)=O)c1O. The van der Waals surface area contributed by atoms with Gasteiger partial charge in [0.2, 0.25) is 0 Å². The minimum Gasteiger partial charge on any atom is -0.507 e. The first kappa shape index (κ1) is 12.0. The van der Waals surface area contributed by atoms with Crippen molar-refractivity contribution in [3.63, 3.8) is 0 Å². The lowest BCUT2D eigenvalue weighted by atomic mass is 10.0. The van der Waals surface area contributed by atoms with Crippen LogP contribution in [-0.4, -0.2) is 16.0 Å². The van der Waals surface area contributed by atoms with E-state index in [4.69, 9.17) is 0 Å². The van der Waals surface area contributed by atoms with Gasteiger partial charge < -0.3 is 10.2 Å². The molecule has 0 amide bonds. The van der Waals surface area contributed by atoms with Crippen LogP contribution in [0.1, 0.15) is 29.8 Å². The van der Waals surface area contributed by atoms with E-state index >= 15 is 0 Å². The molecule has 0 fully saturated rings. The molecule has 1 aromatic carbocycles. The topological polar surface area (TPSA) is 57.5 Å². The van der Waals surface area contributed by atoms with Crippen LogP contribution in [0.3, 0.4) is 0 Å². The monoisotopic (exact) mass is 218 g/mol. The summed E-state index contributed by atoms with van der Waals surface area (Å²) >= 11 is 0. The standard InChI is InChI=1S/C13H14O3/c1-8(2)4-5-11-12(15)7-6-10(9(3)14)13(11)16/h4-7,15-16H,1H2,2-3H3. The molecule has 0 saturated heterocycles. The summed E-state index contributed by atoms with van der Waals surface area (Å²) in [5, 5.41) is 19.3. The van der Waals surface area contributed by atoms with Crippen molar-refractivity contribution in [2.24, 2.45) is 0 Å². The number of phenols is 2. The molecule has 0 bridgehead atoms. The van der Waals surface area contributed by atoms with Crippen molar-refractivity contribution in [3.05, 3.63) is 41.5 Å². The highest BCUT2D eigenvalue weighted by Crippen LogP contribution is 2.32. The Morgan fingerprint density at radius 3 is 2.44 bits per heavy atom. The Morgan fingerprint density at radius 2 is 1.94 bits per heavy atom. The summed E-state index contributed by atoms with van der Waals surface area (Å²) in [6, 6.07) is 2.78. The van der Waals surface area contributed by atoms with Crippen molar-refractivity contribution in [3.8, 4) is 11.5 Å². The molecule has 84 valence electrons. The molecule has 0 aliphatic rings. The lowest BCUT2D eigenvalue weighted by Crippen LogP contribution is -1.94. The average Bonchev–Trinajstić information content (AvgIpc) is 2.16. The number of phenolic OH excluding ortho intramolecular Hbond substituents is 2. The van der Waals surface area contributed by atoms with Crippen LogP contribution in [0.5, 0.6) is 11.5 Å². The lowest BCUT2D eigenvalue weighted by Gasteiger charge is -2.06. The maximum atomic E-state index is 11.2. The largest absolute Gasteiger partial charge is 0.507 e. The highest BCUT2D eigenvalue weighted by atomic mass is 16.3. The molecule has 0 radical (unpaired) electrons. The molecule has 0 spiro atoms. The second-order valence-electron chi connectivity index (χ2n) is 3.63. The smallest absolute Gasteiger partial charge is 0.163 e. The van der Waals surface area contributed by atoms with E-state index in [0.717, 1.165) is 5.57 Å². The predicted octanol–water partition coefficient (Wildman–Crippen LogP) is 2.89. The first-order valence-electron chi connectivity index (χ1n) is 4.83. The molecule has 0 heterocycles. The minimum atomic E-state index is -0.248. The number of benzene rings is 1. The first-order chi connectivity index (χ1) is 7.43. The Labute approximate surface area is 94.4 Å². The fourth-order valence-corrected chi connectivity index (χ4v) is 1.27. The summed E-state index contributed by atoms with van der Waals surface area (Å²) in [5.74, 6) is -0.521. The van der Waals surface area contributed by atoms with Crippen LogP contribution < -0.4 is 0 Å². The van der Waals surface area contributed by atoms with Crippen LogP contribution in [0.15, 0.2) is 30.4 Å². The van der Waals surface area contributed by atoms with Gasteiger partial charge in [0.1, 0.15) is 11.5 Å². The number of allylic oxidation sites excluding steroid dienone is 2. The third-order valence-corrected chi connectivity index (χ3v) is 2.11. The molecule has 0 unspecified atom stereocenters. The van der Waals surface area contributed by atoms with E-state index in [0.29, 0.717) is 0 Å². The molecule has 3 heteroatoms. The third kappa shape index (κ3) is 2.51. The van der Waals surface area contributed by atoms with Crippen molar-refractivity contribution in [2.45, 2.75) is 13.8 Å². The van der Waals surface area contributed by atoms with Crippen LogP contribution in [0, 0.1) is 0 Å². The number of hydrogen-bond donors (Lipinski definition) is 2. The quantitative estimate of drug-likeness (QED) is 0.605. The molecule has 1 aromatic rings. The molecule has 0 saturated carbocycles. The van der Waals surface area contributed by atoms with Gasteiger partial charge >= 0.3 is 0 Å². The third-order valence-electron chi connectivity index (χ3n) is 2.11. The summed E-state index contributed by atoms with van der Waals surface area (Å²) in [6.45, 7) is 6.82. The molecule has 0 aliphatic heterocycles. The minimum absolute atomic E-state index is 0.0694. The van der Waals surface area contributed by atoms with Gasteiger partial charge in [0.05, 0.1) is 11.1 Å². The van der Waals surface area contributed by atoms with E-state index in [1.54, 1.807) is 13.0 Å². The normalized spacial score (nSPS) is 10.6. The fourth-order valence-electron chi connectivity index (χ4n) is 1.27. The predicted molar refractivity (Wildman–Crippen MR) is 63.6 cm³/mol. The Hall–Kier alpha value is -2.03. The van der Waals surface area contributed by atoms with Crippen LogP contribution in [0.25, 0.3) is 6.08 Å². The molecule has 1 rings (SSSR count). The zero-order valence-corrected chi connectivity index (χ0v) is 9.32. The van der Waals surface area contributed by atoms with Gasteiger partial charge in [-0.2, -0.15) is 0 Å². The maximum Gasteiger partial charge on any atom is 0.163 e. The Balaban J connectivity index is 3.32. The molecule has 0 aliphatic carbocycles. The molecular formula is C13H14O3. The first-order valence-corrected chi connectivity index (χ1v) is 4.83. The van der Waals surface area contributed by atoms with E-state index in [2.05, 4.69) is 6.58 Å². The zero-order chi connectivity index (χ0) is 12.3. The van der Waals surface area contributed by atoms with E-state index in [1.807, 2.05) is 0 Å². The Bertz CT molecular complexity index is 470. The van der Waals surface area contributed by atoms with Crippen molar-refractivity contribution < 1.29 is 15.0 Å². The number of Topliss-reactive ketones (excluding diaryl/α,β-unsaturated/α-hetero) is 1. The van der Waals surface area contributed by atoms with Gasteiger partial charge in [0, 0.05) is 0 Å². The number of aromatic hydroxyl groups is 2. The fraction of sp³-hybridized carbons (Fsp3) is 0.154. The zero-order valence-electron chi connectivity index (χ0n) is 9.32. The molecule has 0 aromatic heterocycles.